The van der Waals surface area contributed by atoms with Gasteiger partial charge in [-0.05, 0) is 49.2 Å². The quantitative estimate of drug-likeness (QED) is 0.594. The molecule has 0 saturated carbocycles. The second-order valence-corrected chi connectivity index (χ2v) is 10.4. The minimum atomic E-state index is -3.76. The Bertz CT molecular complexity index is 1110. The summed E-state index contributed by atoms with van der Waals surface area (Å²) in [7, 11) is -2.07. The second-order valence-electron chi connectivity index (χ2n) is 7.00. The number of fused-ring (bicyclic) bond motifs is 1. The van der Waals surface area contributed by atoms with Crippen molar-refractivity contribution in [3.8, 4) is 0 Å². The Hall–Kier alpha value is -2.00. The molecule has 1 unspecified atom stereocenters. The third kappa shape index (κ3) is 4.02. The summed E-state index contributed by atoms with van der Waals surface area (Å²) in [6, 6.07) is 13.2. The fourth-order valence-electron chi connectivity index (χ4n) is 3.54. The molecule has 0 radical (unpaired) electrons. The maximum Gasteiger partial charge on any atom is 0.243 e. The van der Waals surface area contributed by atoms with Crippen LogP contribution >= 0.6 is 22.9 Å². The van der Waals surface area contributed by atoms with Gasteiger partial charge in [0.1, 0.15) is 11.0 Å². The molecule has 3 aromatic rings. The molecule has 1 aromatic heterocycles. The zero-order chi connectivity index (χ0) is 20.6. The zero-order valence-electron chi connectivity index (χ0n) is 15.8. The number of carbonyl (C=O) groups excluding carboxylic acids is 1. The van der Waals surface area contributed by atoms with Gasteiger partial charge in [-0.15, -0.1) is 11.3 Å². The van der Waals surface area contributed by atoms with Gasteiger partial charge in [0.15, 0.2) is 0 Å². The molecule has 1 saturated heterocycles. The average Bonchev–Trinajstić information content (AvgIpc) is 3.34. The number of thiazole rings is 1. The molecule has 1 aliphatic heterocycles. The number of rotatable bonds is 5. The number of hydrogen-bond donors (Lipinski definition) is 0. The molecular formula is C20H20ClN3O3S2. The van der Waals surface area contributed by atoms with Crippen molar-refractivity contribution in [1.82, 2.24) is 14.2 Å². The molecule has 152 valence electrons. The van der Waals surface area contributed by atoms with E-state index >= 15 is 0 Å². The van der Waals surface area contributed by atoms with Crippen LogP contribution in [0.5, 0.6) is 0 Å². The fraction of sp³-hybridized carbons (Fsp3) is 0.300. The van der Waals surface area contributed by atoms with Gasteiger partial charge in [0.05, 0.1) is 21.7 Å². The van der Waals surface area contributed by atoms with Crippen molar-refractivity contribution in [3.63, 3.8) is 0 Å². The maximum absolute atomic E-state index is 13.1. The minimum Gasteiger partial charge on any atom is -0.338 e. The molecule has 2 aromatic carbocycles. The minimum absolute atomic E-state index is 0.149. The molecule has 2 heterocycles. The maximum atomic E-state index is 13.1. The predicted octanol–water partition coefficient (Wildman–Crippen LogP) is 3.76. The fourth-order valence-corrected chi connectivity index (χ4v) is 6.34. The Morgan fingerprint density at radius 2 is 1.97 bits per heavy atom. The molecule has 0 N–H and O–H groups in total. The van der Waals surface area contributed by atoms with E-state index in [1.54, 1.807) is 35.4 Å². The number of aromatic nitrogens is 1. The highest BCUT2D eigenvalue weighted by atomic mass is 35.5. The third-order valence-corrected chi connectivity index (χ3v) is 8.19. The van der Waals surface area contributed by atoms with E-state index in [0.717, 1.165) is 15.2 Å². The number of amides is 1. The van der Waals surface area contributed by atoms with E-state index in [1.165, 1.54) is 16.4 Å². The summed E-state index contributed by atoms with van der Waals surface area (Å²) >= 11 is 7.42. The highest BCUT2D eigenvalue weighted by Crippen LogP contribution is 2.29. The van der Waals surface area contributed by atoms with Gasteiger partial charge in [0, 0.05) is 18.6 Å². The number of halogens is 1. The summed E-state index contributed by atoms with van der Waals surface area (Å²) in [5.41, 5.74) is 0.904. The van der Waals surface area contributed by atoms with Gasteiger partial charge in [-0.1, -0.05) is 23.7 Å². The van der Waals surface area contributed by atoms with E-state index in [9.17, 15) is 13.2 Å². The lowest BCUT2D eigenvalue weighted by atomic mass is 10.2. The van der Waals surface area contributed by atoms with Crippen LogP contribution in [-0.4, -0.2) is 48.1 Å². The smallest absolute Gasteiger partial charge is 0.243 e. The van der Waals surface area contributed by atoms with Crippen LogP contribution in [0.15, 0.2) is 53.4 Å². The van der Waals surface area contributed by atoms with Crippen molar-refractivity contribution in [2.24, 2.45) is 0 Å². The van der Waals surface area contributed by atoms with Crippen LogP contribution in [0.1, 0.15) is 17.8 Å². The molecule has 4 rings (SSSR count). The summed E-state index contributed by atoms with van der Waals surface area (Å²) in [5.74, 6) is -0.209. The van der Waals surface area contributed by atoms with Crippen molar-refractivity contribution in [1.29, 1.82) is 0 Å². The van der Waals surface area contributed by atoms with Crippen LogP contribution in [0, 0.1) is 0 Å². The zero-order valence-corrected chi connectivity index (χ0v) is 18.2. The van der Waals surface area contributed by atoms with Crippen LogP contribution < -0.4 is 0 Å². The summed E-state index contributed by atoms with van der Waals surface area (Å²) < 4.78 is 28.5. The number of sulfonamides is 1. The molecule has 1 fully saturated rings. The predicted molar refractivity (Wildman–Crippen MR) is 114 cm³/mol. The Morgan fingerprint density at radius 1 is 1.24 bits per heavy atom. The normalized spacial score (nSPS) is 17.7. The number of benzene rings is 2. The van der Waals surface area contributed by atoms with Gasteiger partial charge >= 0.3 is 0 Å². The lowest BCUT2D eigenvalue weighted by Crippen LogP contribution is -2.46. The van der Waals surface area contributed by atoms with Crippen LogP contribution in [0.4, 0.5) is 0 Å². The van der Waals surface area contributed by atoms with Crippen molar-refractivity contribution < 1.29 is 13.2 Å². The van der Waals surface area contributed by atoms with Crippen LogP contribution in [0.3, 0.4) is 0 Å². The van der Waals surface area contributed by atoms with Crippen LogP contribution in [0.25, 0.3) is 10.2 Å². The number of carbonyl (C=O) groups is 1. The van der Waals surface area contributed by atoms with Gasteiger partial charge in [-0.3, -0.25) is 4.79 Å². The molecule has 1 aliphatic rings. The number of nitrogens with zero attached hydrogens (tertiary/aromatic N) is 3. The topological polar surface area (TPSA) is 70.6 Å². The number of likely N-dealkylation sites (N-methyl/N-ethyl adjacent to an activating group) is 1. The van der Waals surface area contributed by atoms with E-state index < -0.39 is 16.1 Å². The Morgan fingerprint density at radius 3 is 2.69 bits per heavy atom. The lowest BCUT2D eigenvalue weighted by Gasteiger charge is -2.27. The lowest BCUT2D eigenvalue weighted by molar-refractivity contribution is -0.133. The van der Waals surface area contributed by atoms with E-state index in [0.29, 0.717) is 31.0 Å². The standard InChI is InChI=1S/C20H20ClN3O3S2/c1-23(13-19-22-16-5-2-3-7-18(16)28-19)20(25)17-6-4-12-24(17)29(26,27)15-10-8-14(21)9-11-15/h2-3,5,7-11,17H,4,6,12-13H2,1H3. The van der Waals surface area contributed by atoms with Gasteiger partial charge in [-0.25, -0.2) is 13.4 Å². The first-order valence-corrected chi connectivity index (χ1v) is 11.9. The van der Waals surface area contributed by atoms with Crippen molar-refractivity contribution >= 4 is 49.1 Å². The monoisotopic (exact) mass is 449 g/mol. The molecule has 0 bridgehead atoms. The van der Waals surface area contributed by atoms with Crippen LogP contribution in [0.2, 0.25) is 5.02 Å². The van der Waals surface area contributed by atoms with Gasteiger partial charge < -0.3 is 4.90 Å². The molecule has 1 amide bonds. The SMILES string of the molecule is CN(Cc1nc2ccccc2s1)C(=O)C1CCCN1S(=O)(=O)c1ccc(Cl)cc1. The number of hydrogen-bond acceptors (Lipinski definition) is 5. The molecule has 0 aliphatic carbocycles. The Kier molecular flexibility index (Phi) is 5.61. The largest absolute Gasteiger partial charge is 0.338 e. The van der Waals surface area contributed by atoms with E-state index in [-0.39, 0.29) is 10.8 Å². The molecule has 0 spiro atoms. The first kappa shape index (κ1) is 20.3. The summed E-state index contributed by atoms with van der Waals surface area (Å²) in [6.07, 6.45) is 1.16. The van der Waals surface area contributed by atoms with E-state index in [1.807, 2.05) is 24.3 Å². The first-order chi connectivity index (χ1) is 13.9. The number of para-hydroxylation sites is 1. The summed E-state index contributed by atoms with van der Waals surface area (Å²) in [5, 5.41) is 1.29. The van der Waals surface area contributed by atoms with E-state index in [2.05, 4.69) is 4.98 Å². The highest BCUT2D eigenvalue weighted by molar-refractivity contribution is 7.89. The van der Waals surface area contributed by atoms with Gasteiger partial charge in [0.25, 0.3) is 0 Å². The van der Waals surface area contributed by atoms with Gasteiger partial charge in [-0.2, -0.15) is 4.31 Å². The average molecular weight is 450 g/mol. The summed E-state index contributed by atoms with van der Waals surface area (Å²) in [4.78, 5) is 19.4. The molecule has 9 heteroatoms. The second kappa shape index (κ2) is 8.02. The van der Waals surface area contributed by atoms with Crippen molar-refractivity contribution in [2.75, 3.05) is 13.6 Å². The Labute approximate surface area is 178 Å². The molecular weight excluding hydrogens is 430 g/mol. The molecule has 6 nitrogen and oxygen atoms in total. The van der Waals surface area contributed by atoms with Crippen molar-refractivity contribution in [3.05, 3.63) is 58.6 Å². The molecule has 1 atom stereocenters. The first-order valence-electron chi connectivity index (χ1n) is 9.23. The van der Waals surface area contributed by atoms with Crippen molar-refractivity contribution in [2.45, 2.75) is 30.3 Å². The third-order valence-electron chi connectivity index (χ3n) is 5.00. The highest BCUT2D eigenvalue weighted by Gasteiger charge is 2.40. The van der Waals surface area contributed by atoms with Crippen LogP contribution in [-0.2, 0) is 21.4 Å². The summed E-state index contributed by atoms with van der Waals surface area (Å²) in [6.45, 7) is 0.680. The van der Waals surface area contributed by atoms with E-state index in [4.69, 9.17) is 11.6 Å². The van der Waals surface area contributed by atoms with Gasteiger partial charge in [0.2, 0.25) is 15.9 Å². The Balaban J connectivity index is 1.52. The molecule has 29 heavy (non-hydrogen) atoms.